The molecule has 0 spiro atoms. The normalized spacial score (nSPS) is 13.5. The van der Waals surface area contributed by atoms with Crippen LogP contribution in [0.2, 0.25) is 0 Å². The molecule has 0 aliphatic carbocycles. The van der Waals surface area contributed by atoms with E-state index in [1.807, 2.05) is 0 Å². The van der Waals surface area contributed by atoms with Crippen molar-refractivity contribution in [1.82, 2.24) is 9.55 Å². The predicted octanol–water partition coefficient (Wildman–Crippen LogP) is 13.8. The maximum atomic E-state index is 5.13. The Kier molecular flexibility index (Phi) is 19.8. The number of nitrogens with zero attached hydrogens (tertiary/aromatic N) is 2. The Balaban J connectivity index is 1.54. The second-order valence-corrected chi connectivity index (χ2v) is 14.5. The summed E-state index contributed by atoms with van der Waals surface area (Å²) in [4.78, 5) is 5.13. The molecule has 0 amide bonds. The number of unbranched alkanes of at least 4 members (excludes halogenated alkanes) is 19. The number of hydrogen-bond acceptors (Lipinski definition) is 1. The summed E-state index contributed by atoms with van der Waals surface area (Å²) in [6, 6.07) is 22.5. The van der Waals surface area contributed by atoms with Gasteiger partial charge >= 0.3 is 0 Å². The van der Waals surface area contributed by atoms with E-state index < -0.39 is 0 Å². The summed E-state index contributed by atoms with van der Waals surface area (Å²) in [6.45, 7) is 8.22. The predicted molar refractivity (Wildman–Crippen MR) is 202 cm³/mol. The Morgan fingerprint density at radius 3 is 1.54 bits per heavy atom. The highest BCUT2D eigenvalue weighted by Gasteiger charge is 2.39. The van der Waals surface area contributed by atoms with E-state index in [9.17, 15) is 0 Å². The van der Waals surface area contributed by atoms with Crippen LogP contribution in [0.15, 0.2) is 73.1 Å². The summed E-state index contributed by atoms with van der Waals surface area (Å²) in [6.07, 6.45) is 35.7. The molecule has 0 saturated carbocycles. The minimum atomic E-state index is -0.0236. The third-order valence-electron chi connectivity index (χ3n) is 10.5. The molecule has 0 fully saturated rings. The van der Waals surface area contributed by atoms with Gasteiger partial charge in [0.1, 0.15) is 5.82 Å². The van der Waals surface area contributed by atoms with E-state index in [4.69, 9.17) is 4.98 Å². The van der Waals surface area contributed by atoms with Crippen LogP contribution in [0.3, 0.4) is 0 Å². The molecule has 0 saturated heterocycles. The molecule has 2 unspecified atom stereocenters. The standard InChI is InChI=1S/C44H70N2/c1-4-6-8-10-12-13-14-15-16-17-18-19-20-22-30-37-46-38-36-45-43(46)42(35-29-21-11-9-7-5-2)44(3,41-33-27-24-28-34-41)39-40-31-25-23-26-32-40/h23-28,31-34,36,38,42H,4-22,29-30,35,37,39H2,1-3H3. The first-order chi connectivity index (χ1) is 22.7. The number of imidazole rings is 1. The average Bonchev–Trinajstić information content (AvgIpc) is 3.54. The van der Waals surface area contributed by atoms with E-state index in [2.05, 4.69) is 98.4 Å². The van der Waals surface area contributed by atoms with Crippen molar-refractivity contribution in [2.75, 3.05) is 0 Å². The van der Waals surface area contributed by atoms with Gasteiger partial charge in [-0.2, -0.15) is 0 Å². The van der Waals surface area contributed by atoms with Crippen LogP contribution in [0.4, 0.5) is 0 Å². The lowest BCUT2D eigenvalue weighted by molar-refractivity contribution is 0.321. The largest absolute Gasteiger partial charge is 0.335 e. The molecule has 0 radical (unpaired) electrons. The first kappa shape index (κ1) is 38.1. The van der Waals surface area contributed by atoms with E-state index >= 15 is 0 Å². The molecule has 2 atom stereocenters. The number of benzene rings is 2. The topological polar surface area (TPSA) is 17.8 Å². The molecular formula is C44H70N2. The van der Waals surface area contributed by atoms with Crippen molar-refractivity contribution in [2.45, 2.75) is 186 Å². The Morgan fingerprint density at radius 2 is 1.02 bits per heavy atom. The fraction of sp³-hybridized carbons (Fsp3) is 0.659. The summed E-state index contributed by atoms with van der Waals surface area (Å²) in [5.41, 5.74) is 2.84. The lowest BCUT2D eigenvalue weighted by Crippen LogP contribution is -2.35. The van der Waals surface area contributed by atoms with E-state index in [-0.39, 0.29) is 5.41 Å². The van der Waals surface area contributed by atoms with E-state index in [0.717, 1.165) is 13.0 Å². The third kappa shape index (κ3) is 14.2. The van der Waals surface area contributed by atoms with Crippen molar-refractivity contribution in [1.29, 1.82) is 0 Å². The number of hydrogen-bond donors (Lipinski definition) is 0. The summed E-state index contributed by atoms with van der Waals surface area (Å²) in [5.74, 6) is 1.69. The number of aromatic nitrogens is 2. The van der Waals surface area contributed by atoms with Gasteiger partial charge in [0.15, 0.2) is 0 Å². The molecule has 0 bridgehead atoms. The molecule has 1 aromatic heterocycles. The van der Waals surface area contributed by atoms with Gasteiger partial charge in [-0.05, 0) is 30.4 Å². The zero-order chi connectivity index (χ0) is 32.5. The van der Waals surface area contributed by atoms with Crippen molar-refractivity contribution in [3.05, 3.63) is 90.0 Å². The Bertz CT molecular complexity index is 1100. The molecule has 256 valence electrons. The zero-order valence-electron chi connectivity index (χ0n) is 30.4. The minimum absolute atomic E-state index is 0.0236. The van der Waals surface area contributed by atoms with Gasteiger partial charge in [0.25, 0.3) is 0 Å². The quantitative estimate of drug-likeness (QED) is 0.0733. The van der Waals surface area contributed by atoms with Crippen LogP contribution < -0.4 is 0 Å². The smallest absolute Gasteiger partial charge is 0.112 e. The Labute approximate surface area is 285 Å². The number of rotatable bonds is 28. The molecule has 3 rings (SSSR count). The molecular weight excluding hydrogens is 556 g/mol. The summed E-state index contributed by atoms with van der Waals surface area (Å²) < 4.78 is 2.52. The molecule has 0 aliphatic rings. The highest BCUT2D eigenvalue weighted by molar-refractivity contribution is 5.33. The lowest BCUT2D eigenvalue weighted by Gasteiger charge is -2.39. The van der Waals surface area contributed by atoms with Gasteiger partial charge in [0.05, 0.1) is 0 Å². The van der Waals surface area contributed by atoms with Crippen molar-refractivity contribution < 1.29 is 0 Å². The minimum Gasteiger partial charge on any atom is -0.335 e. The van der Waals surface area contributed by atoms with E-state index in [0.29, 0.717) is 5.92 Å². The Morgan fingerprint density at radius 1 is 0.565 bits per heavy atom. The molecule has 1 heterocycles. The van der Waals surface area contributed by atoms with E-state index in [1.165, 1.54) is 158 Å². The van der Waals surface area contributed by atoms with Crippen molar-refractivity contribution in [3.63, 3.8) is 0 Å². The van der Waals surface area contributed by atoms with Gasteiger partial charge in [-0.1, -0.05) is 210 Å². The van der Waals surface area contributed by atoms with Gasteiger partial charge in [-0.3, -0.25) is 0 Å². The SMILES string of the molecule is CCCCCCCCCCCCCCCCCn1ccnc1C(CCCCCCCC)C(C)(Cc1ccccc1)c1ccccc1. The highest BCUT2D eigenvalue weighted by Crippen LogP contribution is 2.44. The summed E-state index contributed by atoms with van der Waals surface area (Å²) in [7, 11) is 0. The van der Waals surface area contributed by atoms with Crippen molar-refractivity contribution in [2.24, 2.45) is 0 Å². The second kappa shape index (κ2) is 23.9. The van der Waals surface area contributed by atoms with Gasteiger partial charge in [0, 0.05) is 30.3 Å². The second-order valence-electron chi connectivity index (χ2n) is 14.5. The van der Waals surface area contributed by atoms with Crippen LogP contribution in [0.25, 0.3) is 0 Å². The van der Waals surface area contributed by atoms with Crippen LogP contribution in [0.1, 0.15) is 185 Å². The first-order valence-electron chi connectivity index (χ1n) is 19.8. The maximum Gasteiger partial charge on any atom is 0.112 e. The summed E-state index contributed by atoms with van der Waals surface area (Å²) in [5, 5.41) is 0. The lowest BCUT2D eigenvalue weighted by atomic mass is 9.66. The van der Waals surface area contributed by atoms with Crippen molar-refractivity contribution >= 4 is 0 Å². The maximum absolute atomic E-state index is 5.13. The number of aryl methyl sites for hydroxylation is 1. The first-order valence-corrected chi connectivity index (χ1v) is 19.8. The zero-order valence-corrected chi connectivity index (χ0v) is 30.4. The molecule has 2 aromatic carbocycles. The fourth-order valence-corrected chi connectivity index (χ4v) is 7.60. The molecule has 0 aliphatic heterocycles. The molecule has 0 N–H and O–H groups in total. The van der Waals surface area contributed by atoms with Crippen LogP contribution in [0, 0.1) is 0 Å². The van der Waals surface area contributed by atoms with E-state index in [1.54, 1.807) is 0 Å². The van der Waals surface area contributed by atoms with Gasteiger partial charge in [0.2, 0.25) is 0 Å². The third-order valence-corrected chi connectivity index (χ3v) is 10.5. The molecule has 2 heteroatoms. The van der Waals surface area contributed by atoms with Crippen LogP contribution >= 0.6 is 0 Å². The van der Waals surface area contributed by atoms with Crippen molar-refractivity contribution in [3.8, 4) is 0 Å². The van der Waals surface area contributed by atoms with Gasteiger partial charge in [-0.15, -0.1) is 0 Å². The molecule has 3 aromatic rings. The molecule has 46 heavy (non-hydrogen) atoms. The van der Waals surface area contributed by atoms with Crippen LogP contribution in [-0.4, -0.2) is 9.55 Å². The monoisotopic (exact) mass is 627 g/mol. The van der Waals surface area contributed by atoms with Crippen LogP contribution in [-0.2, 0) is 18.4 Å². The fourth-order valence-electron chi connectivity index (χ4n) is 7.60. The van der Waals surface area contributed by atoms with Gasteiger partial charge in [-0.25, -0.2) is 4.98 Å². The average molecular weight is 627 g/mol. The van der Waals surface area contributed by atoms with Gasteiger partial charge < -0.3 is 4.57 Å². The summed E-state index contributed by atoms with van der Waals surface area (Å²) >= 11 is 0. The molecule has 2 nitrogen and oxygen atoms in total. The Hall–Kier alpha value is -2.35. The highest BCUT2D eigenvalue weighted by atomic mass is 15.1. The van der Waals surface area contributed by atoms with Crippen LogP contribution in [0.5, 0.6) is 0 Å².